The fourth-order valence-corrected chi connectivity index (χ4v) is 4.65. The molecule has 1 fully saturated rings. The summed E-state index contributed by atoms with van der Waals surface area (Å²) in [6, 6.07) is 9.93. The van der Waals surface area contributed by atoms with Crippen molar-refractivity contribution in [3.8, 4) is 5.75 Å². The van der Waals surface area contributed by atoms with Crippen molar-refractivity contribution in [1.82, 2.24) is 5.32 Å². The number of rotatable bonds is 4. The zero-order valence-electron chi connectivity index (χ0n) is 15.0. The summed E-state index contributed by atoms with van der Waals surface area (Å²) in [6.07, 6.45) is 0. The SMILES string of the molecule is COc1cc(NCc2ccc(Cl)cc2Cl)cc2c1N(C)CC1CNCC21. The number of ether oxygens (including phenoxy) is 1. The quantitative estimate of drug-likeness (QED) is 0.811. The van der Waals surface area contributed by atoms with Crippen LogP contribution in [0.25, 0.3) is 0 Å². The minimum absolute atomic E-state index is 0.538. The molecular formula is C20H23Cl2N3O. The fraction of sp³-hybridized carbons (Fsp3) is 0.400. The van der Waals surface area contributed by atoms with Gasteiger partial charge in [0.25, 0.3) is 0 Å². The molecule has 26 heavy (non-hydrogen) atoms. The van der Waals surface area contributed by atoms with Gasteiger partial charge in [0, 0.05) is 60.9 Å². The van der Waals surface area contributed by atoms with E-state index < -0.39 is 0 Å². The number of halogens is 2. The lowest BCUT2D eigenvalue weighted by Crippen LogP contribution is -2.35. The molecule has 2 atom stereocenters. The summed E-state index contributed by atoms with van der Waals surface area (Å²) in [5, 5.41) is 8.36. The van der Waals surface area contributed by atoms with Crippen molar-refractivity contribution in [2.75, 3.05) is 44.0 Å². The number of fused-ring (bicyclic) bond motifs is 3. The molecule has 0 bridgehead atoms. The Morgan fingerprint density at radius 2 is 2.08 bits per heavy atom. The van der Waals surface area contributed by atoms with Crippen molar-refractivity contribution < 1.29 is 4.74 Å². The van der Waals surface area contributed by atoms with E-state index in [1.807, 2.05) is 12.1 Å². The lowest BCUT2D eigenvalue weighted by atomic mass is 9.83. The fourth-order valence-electron chi connectivity index (χ4n) is 4.17. The maximum absolute atomic E-state index is 6.30. The van der Waals surface area contributed by atoms with Gasteiger partial charge in [-0.05, 0) is 35.2 Å². The maximum Gasteiger partial charge on any atom is 0.144 e. The number of benzene rings is 2. The monoisotopic (exact) mass is 391 g/mol. The molecule has 2 aromatic carbocycles. The standard InChI is InChI=1S/C20H23Cl2N3O/c1-25-11-13-8-23-10-17(13)16-6-15(7-19(26-2)20(16)25)24-9-12-3-4-14(21)5-18(12)22/h3-7,13,17,23-24H,8-11H2,1-2H3. The van der Waals surface area contributed by atoms with Gasteiger partial charge in [-0.3, -0.25) is 0 Å². The van der Waals surface area contributed by atoms with Crippen molar-refractivity contribution in [3.63, 3.8) is 0 Å². The van der Waals surface area contributed by atoms with E-state index in [-0.39, 0.29) is 0 Å². The van der Waals surface area contributed by atoms with Gasteiger partial charge in [-0.25, -0.2) is 0 Å². The number of nitrogens with one attached hydrogen (secondary N) is 2. The first-order valence-electron chi connectivity index (χ1n) is 8.88. The Labute approximate surface area is 164 Å². The second kappa shape index (κ2) is 7.18. The zero-order valence-corrected chi connectivity index (χ0v) is 16.5. The van der Waals surface area contributed by atoms with Crippen molar-refractivity contribution in [1.29, 1.82) is 0 Å². The third-order valence-corrected chi connectivity index (χ3v) is 6.04. The Morgan fingerprint density at radius 3 is 2.85 bits per heavy atom. The molecule has 0 radical (unpaired) electrons. The molecule has 0 aromatic heterocycles. The van der Waals surface area contributed by atoms with E-state index in [9.17, 15) is 0 Å². The summed E-state index contributed by atoms with van der Waals surface area (Å²) in [4.78, 5) is 2.32. The summed E-state index contributed by atoms with van der Waals surface area (Å²) < 4.78 is 5.72. The average Bonchev–Trinajstić information content (AvgIpc) is 3.08. The molecule has 2 N–H and O–H groups in total. The second-order valence-electron chi connectivity index (χ2n) is 7.11. The highest BCUT2D eigenvalue weighted by Crippen LogP contribution is 2.46. The van der Waals surface area contributed by atoms with Crippen LogP contribution in [0.2, 0.25) is 10.0 Å². The molecule has 0 amide bonds. The molecule has 6 heteroatoms. The van der Waals surface area contributed by atoms with Gasteiger partial charge >= 0.3 is 0 Å². The smallest absolute Gasteiger partial charge is 0.144 e. The van der Waals surface area contributed by atoms with Gasteiger partial charge in [-0.1, -0.05) is 29.3 Å². The largest absolute Gasteiger partial charge is 0.494 e. The topological polar surface area (TPSA) is 36.5 Å². The summed E-state index contributed by atoms with van der Waals surface area (Å²) in [7, 11) is 3.89. The number of anilines is 2. The van der Waals surface area contributed by atoms with Gasteiger partial charge in [0.1, 0.15) is 5.75 Å². The number of hydrogen-bond acceptors (Lipinski definition) is 4. The Kier molecular flexibility index (Phi) is 4.91. The van der Waals surface area contributed by atoms with Gasteiger partial charge < -0.3 is 20.3 Å². The van der Waals surface area contributed by atoms with Gasteiger partial charge in [0.15, 0.2) is 0 Å². The average molecular weight is 392 g/mol. The first-order valence-corrected chi connectivity index (χ1v) is 9.64. The predicted molar refractivity (Wildman–Crippen MR) is 109 cm³/mol. The van der Waals surface area contributed by atoms with Crippen LogP contribution in [0.4, 0.5) is 11.4 Å². The molecule has 1 saturated heterocycles. The molecule has 0 aliphatic carbocycles. The second-order valence-corrected chi connectivity index (χ2v) is 7.95. The van der Waals surface area contributed by atoms with Crippen LogP contribution < -0.4 is 20.3 Å². The number of hydrogen-bond donors (Lipinski definition) is 2. The van der Waals surface area contributed by atoms with Crippen LogP contribution in [-0.4, -0.2) is 33.8 Å². The Balaban J connectivity index is 1.64. The van der Waals surface area contributed by atoms with Crippen LogP contribution in [0.15, 0.2) is 30.3 Å². The van der Waals surface area contributed by atoms with Crippen LogP contribution in [0.1, 0.15) is 17.0 Å². The highest BCUT2D eigenvalue weighted by Gasteiger charge is 2.37. The molecule has 2 aromatic rings. The van der Waals surface area contributed by atoms with Crippen LogP contribution in [0.3, 0.4) is 0 Å². The van der Waals surface area contributed by atoms with E-state index in [1.165, 1.54) is 11.3 Å². The van der Waals surface area contributed by atoms with Crippen molar-refractivity contribution >= 4 is 34.6 Å². The van der Waals surface area contributed by atoms with E-state index in [1.54, 1.807) is 13.2 Å². The molecule has 4 rings (SSSR count). The first-order chi connectivity index (χ1) is 12.6. The number of nitrogens with zero attached hydrogens (tertiary/aromatic N) is 1. The van der Waals surface area contributed by atoms with Crippen LogP contribution in [-0.2, 0) is 6.54 Å². The highest BCUT2D eigenvalue weighted by molar-refractivity contribution is 6.35. The maximum atomic E-state index is 6.30. The van der Waals surface area contributed by atoms with E-state index in [2.05, 4.69) is 34.7 Å². The van der Waals surface area contributed by atoms with Crippen molar-refractivity contribution in [3.05, 3.63) is 51.5 Å². The van der Waals surface area contributed by atoms with Crippen LogP contribution in [0, 0.1) is 5.92 Å². The molecule has 2 unspecified atom stereocenters. The molecule has 0 saturated carbocycles. The molecule has 2 aliphatic rings. The summed E-state index contributed by atoms with van der Waals surface area (Å²) in [5.74, 6) is 2.11. The third-order valence-electron chi connectivity index (χ3n) is 5.45. The minimum Gasteiger partial charge on any atom is -0.494 e. The van der Waals surface area contributed by atoms with E-state index in [0.717, 1.165) is 36.6 Å². The first kappa shape index (κ1) is 17.8. The van der Waals surface area contributed by atoms with Gasteiger partial charge in [-0.15, -0.1) is 0 Å². The van der Waals surface area contributed by atoms with Crippen molar-refractivity contribution in [2.45, 2.75) is 12.5 Å². The normalized spacial score (nSPS) is 21.3. The predicted octanol–water partition coefficient (Wildman–Crippen LogP) is 4.37. The molecule has 2 heterocycles. The molecular weight excluding hydrogens is 369 g/mol. The van der Waals surface area contributed by atoms with Crippen LogP contribution >= 0.6 is 23.2 Å². The number of methoxy groups -OCH3 is 1. The summed E-state index contributed by atoms with van der Waals surface area (Å²) in [6.45, 7) is 3.81. The van der Waals surface area contributed by atoms with E-state index in [0.29, 0.717) is 28.4 Å². The third kappa shape index (κ3) is 3.22. The lowest BCUT2D eigenvalue weighted by molar-refractivity contribution is 0.407. The van der Waals surface area contributed by atoms with Gasteiger partial charge in [0.2, 0.25) is 0 Å². The highest BCUT2D eigenvalue weighted by atomic mass is 35.5. The Hall–Kier alpha value is -1.62. The van der Waals surface area contributed by atoms with Crippen molar-refractivity contribution in [2.24, 2.45) is 5.92 Å². The molecule has 2 aliphatic heterocycles. The molecule has 138 valence electrons. The summed E-state index contributed by atoms with van der Waals surface area (Å²) >= 11 is 12.3. The van der Waals surface area contributed by atoms with E-state index in [4.69, 9.17) is 27.9 Å². The Morgan fingerprint density at radius 1 is 1.23 bits per heavy atom. The minimum atomic E-state index is 0.538. The molecule has 4 nitrogen and oxygen atoms in total. The molecule has 0 spiro atoms. The van der Waals surface area contributed by atoms with Crippen LogP contribution in [0.5, 0.6) is 5.75 Å². The van der Waals surface area contributed by atoms with Gasteiger partial charge in [-0.2, -0.15) is 0 Å². The zero-order chi connectivity index (χ0) is 18.3. The Bertz CT molecular complexity index is 827. The summed E-state index contributed by atoms with van der Waals surface area (Å²) in [5.41, 5.74) is 4.64. The lowest BCUT2D eigenvalue weighted by Gasteiger charge is -2.37. The van der Waals surface area contributed by atoms with E-state index >= 15 is 0 Å². The van der Waals surface area contributed by atoms with Gasteiger partial charge in [0.05, 0.1) is 12.8 Å².